The fourth-order valence-electron chi connectivity index (χ4n) is 2.77. The molecule has 1 fully saturated rings. The molecule has 5 nitrogen and oxygen atoms in total. The zero-order valence-electron chi connectivity index (χ0n) is 12.2. The van der Waals surface area contributed by atoms with E-state index in [0.29, 0.717) is 18.0 Å². The third-order valence-corrected chi connectivity index (χ3v) is 5.79. The van der Waals surface area contributed by atoms with Crippen molar-refractivity contribution in [2.75, 3.05) is 13.1 Å². The van der Waals surface area contributed by atoms with Gasteiger partial charge in [-0.2, -0.15) is 4.31 Å². The molecule has 2 heterocycles. The highest BCUT2D eigenvalue weighted by atomic mass is 32.2. The Morgan fingerprint density at radius 3 is 2.24 bits per heavy atom. The largest absolute Gasteiger partial charge is 0.361 e. The van der Waals surface area contributed by atoms with Gasteiger partial charge in [-0.3, -0.25) is 0 Å². The van der Waals surface area contributed by atoms with Gasteiger partial charge in [0.1, 0.15) is 5.76 Å². The van der Waals surface area contributed by atoms with E-state index in [2.05, 4.69) is 5.16 Å². The minimum Gasteiger partial charge on any atom is -0.361 e. The fraction of sp³-hybridized carbons (Fsp3) is 0.400. The molecule has 0 bridgehead atoms. The molecule has 21 heavy (non-hydrogen) atoms. The summed E-state index contributed by atoms with van der Waals surface area (Å²) in [6.45, 7) is 4.97. The molecule has 112 valence electrons. The molecule has 1 aliphatic heterocycles. The Kier molecular flexibility index (Phi) is 3.59. The van der Waals surface area contributed by atoms with Crippen LogP contribution in [0, 0.1) is 13.8 Å². The average Bonchev–Trinajstić information content (AvgIpc) is 3.10. The molecule has 0 saturated carbocycles. The number of aryl methyl sites for hydroxylation is 2. The Labute approximate surface area is 124 Å². The standard InChI is InChI=1S/C15H18N2O3S/c1-11-15(12(2)20-16-11)13-5-7-14(8-6-13)21(18,19)17-9-3-4-10-17/h5-8H,3-4,9-10H2,1-2H3. The van der Waals surface area contributed by atoms with Gasteiger partial charge in [0.15, 0.2) is 0 Å². The van der Waals surface area contributed by atoms with Gasteiger partial charge in [-0.1, -0.05) is 17.3 Å². The molecular weight excluding hydrogens is 288 g/mol. The van der Waals surface area contributed by atoms with Gasteiger partial charge in [-0.25, -0.2) is 8.42 Å². The Hall–Kier alpha value is -1.66. The summed E-state index contributed by atoms with van der Waals surface area (Å²) >= 11 is 0. The van der Waals surface area contributed by atoms with Gasteiger partial charge < -0.3 is 4.52 Å². The van der Waals surface area contributed by atoms with Crippen molar-refractivity contribution in [3.63, 3.8) is 0 Å². The lowest BCUT2D eigenvalue weighted by Crippen LogP contribution is -2.27. The van der Waals surface area contributed by atoms with Crippen LogP contribution in [0.2, 0.25) is 0 Å². The Balaban J connectivity index is 1.94. The van der Waals surface area contributed by atoms with Crippen molar-refractivity contribution in [2.24, 2.45) is 0 Å². The van der Waals surface area contributed by atoms with E-state index in [1.54, 1.807) is 16.4 Å². The number of benzene rings is 1. The third-order valence-electron chi connectivity index (χ3n) is 3.88. The van der Waals surface area contributed by atoms with Crippen molar-refractivity contribution >= 4 is 10.0 Å². The molecule has 0 N–H and O–H groups in total. The fourth-order valence-corrected chi connectivity index (χ4v) is 4.28. The first-order valence-electron chi connectivity index (χ1n) is 7.03. The SMILES string of the molecule is Cc1noc(C)c1-c1ccc(S(=O)(=O)N2CCCC2)cc1. The van der Waals surface area contributed by atoms with Crippen LogP contribution in [0.4, 0.5) is 0 Å². The topological polar surface area (TPSA) is 63.4 Å². The maximum Gasteiger partial charge on any atom is 0.243 e. The Bertz CT molecular complexity index is 722. The molecule has 0 spiro atoms. The second kappa shape index (κ2) is 5.27. The summed E-state index contributed by atoms with van der Waals surface area (Å²) in [5.41, 5.74) is 2.66. The van der Waals surface area contributed by atoms with Crippen molar-refractivity contribution in [2.45, 2.75) is 31.6 Å². The van der Waals surface area contributed by atoms with Crippen molar-refractivity contribution in [3.8, 4) is 11.1 Å². The van der Waals surface area contributed by atoms with Crippen LogP contribution in [0.3, 0.4) is 0 Å². The summed E-state index contributed by atoms with van der Waals surface area (Å²) in [5.74, 6) is 0.739. The van der Waals surface area contributed by atoms with Crippen LogP contribution < -0.4 is 0 Å². The van der Waals surface area contributed by atoms with E-state index in [0.717, 1.165) is 35.4 Å². The highest BCUT2D eigenvalue weighted by Crippen LogP contribution is 2.28. The van der Waals surface area contributed by atoms with Gasteiger partial charge >= 0.3 is 0 Å². The van der Waals surface area contributed by atoms with E-state index < -0.39 is 10.0 Å². The normalized spacial score (nSPS) is 16.5. The van der Waals surface area contributed by atoms with Crippen molar-refractivity contribution in [1.29, 1.82) is 0 Å². The van der Waals surface area contributed by atoms with E-state index in [9.17, 15) is 8.42 Å². The van der Waals surface area contributed by atoms with Gasteiger partial charge in [0.2, 0.25) is 10.0 Å². The number of sulfonamides is 1. The highest BCUT2D eigenvalue weighted by molar-refractivity contribution is 7.89. The molecule has 1 saturated heterocycles. The summed E-state index contributed by atoms with van der Waals surface area (Å²) in [6, 6.07) is 6.95. The van der Waals surface area contributed by atoms with Crippen molar-refractivity contribution < 1.29 is 12.9 Å². The molecule has 1 aliphatic rings. The average molecular weight is 306 g/mol. The maximum absolute atomic E-state index is 12.5. The van der Waals surface area contributed by atoms with Crippen LogP contribution in [-0.2, 0) is 10.0 Å². The van der Waals surface area contributed by atoms with E-state index >= 15 is 0 Å². The number of aromatic nitrogens is 1. The van der Waals surface area contributed by atoms with Gasteiger partial charge in [0.05, 0.1) is 10.6 Å². The summed E-state index contributed by atoms with van der Waals surface area (Å²) < 4.78 is 31.6. The molecule has 0 radical (unpaired) electrons. The summed E-state index contributed by atoms with van der Waals surface area (Å²) in [5, 5.41) is 3.93. The molecule has 0 atom stereocenters. The van der Waals surface area contributed by atoms with E-state index in [4.69, 9.17) is 4.52 Å². The van der Waals surface area contributed by atoms with Crippen LogP contribution in [0.25, 0.3) is 11.1 Å². The quantitative estimate of drug-likeness (QED) is 0.874. The highest BCUT2D eigenvalue weighted by Gasteiger charge is 2.27. The smallest absolute Gasteiger partial charge is 0.243 e. The van der Waals surface area contributed by atoms with Crippen molar-refractivity contribution in [1.82, 2.24) is 9.46 Å². The maximum atomic E-state index is 12.5. The number of nitrogens with zero attached hydrogens (tertiary/aromatic N) is 2. The number of hydrogen-bond acceptors (Lipinski definition) is 4. The lowest BCUT2D eigenvalue weighted by Gasteiger charge is -2.15. The second-order valence-corrected chi connectivity index (χ2v) is 7.27. The van der Waals surface area contributed by atoms with Crippen LogP contribution in [-0.4, -0.2) is 31.0 Å². The Morgan fingerprint density at radius 2 is 1.71 bits per heavy atom. The first-order valence-corrected chi connectivity index (χ1v) is 8.47. The summed E-state index contributed by atoms with van der Waals surface area (Å²) in [6.07, 6.45) is 1.88. The third kappa shape index (κ3) is 2.49. The molecule has 1 aromatic carbocycles. The van der Waals surface area contributed by atoms with Crippen LogP contribution in [0.5, 0.6) is 0 Å². The van der Waals surface area contributed by atoms with E-state index in [1.807, 2.05) is 26.0 Å². The predicted molar refractivity (Wildman–Crippen MR) is 79.4 cm³/mol. The zero-order valence-corrected chi connectivity index (χ0v) is 13.0. The van der Waals surface area contributed by atoms with Crippen LogP contribution in [0.1, 0.15) is 24.3 Å². The summed E-state index contributed by atoms with van der Waals surface area (Å²) in [4.78, 5) is 0.347. The van der Waals surface area contributed by atoms with Gasteiger partial charge in [0.25, 0.3) is 0 Å². The van der Waals surface area contributed by atoms with Crippen molar-refractivity contribution in [3.05, 3.63) is 35.7 Å². The second-order valence-electron chi connectivity index (χ2n) is 5.33. The molecule has 0 aliphatic carbocycles. The number of rotatable bonds is 3. The van der Waals surface area contributed by atoms with Crippen LogP contribution in [0.15, 0.2) is 33.7 Å². The molecule has 3 rings (SSSR count). The van der Waals surface area contributed by atoms with Gasteiger partial charge in [0, 0.05) is 18.7 Å². The minimum atomic E-state index is -3.35. The molecule has 6 heteroatoms. The molecule has 2 aromatic rings. The lowest BCUT2D eigenvalue weighted by atomic mass is 10.0. The first kappa shape index (κ1) is 14.3. The van der Waals surface area contributed by atoms with E-state index in [1.165, 1.54) is 0 Å². The molecule has 1 aromatic heterocycles. The monoisotopic (exact) mass is 306 g/mol. The van der Waals surface area contributed by atoms with Gasteiger partial charge in [-0.15, -0.1) is 0 Å². The Morgan fingerprint density at radius 1 is 1.10 bits per heavy atom. The lowest BCUT2D eigenvalue weighted by molar-refractivity contribution is 0.393. The first-order chi connectivity index (χ1) is 10.00. The van der Waals surface area contributed by atoms with E-state index in [-0.39, 0.29) is 0 Å². The van der Waals surface area contributed by atoms with Crippen LogP contribution >= 0.6 is 0 Å². The molecule has 0 unspecified atom stereocenters. The molecule has 0 amide bonds. The predicted octanol–water partition coefficient (Wildman–Crippen LogP) is 2.74. The number of hydrogen-bond donors (Lipinski definition) is 0. The molecular formula is C15H18N2O3S. The minimum absolute atomic E-state index is 0.347. The van der Waals surface area contributed by atoms with Gasteiger partial charge in [-0.05, 0) is 44.4 Å². The summed E-state index contributed by atoms with van der Waals surface area (Å²) in [7, 11) is -3.35. The zero-order chi connectivity index (χ0) is 15.0.